The van der Waals surface area contributed by atoms with Crippen molar-refractivity contribution >= 4 is 21.9 Å². The van der Waals surface area contributed by atoms with Gasteiger partial charge in [-0.3, -0.25) is 4.79 Å². The minimum atomic E-state index is -4.10. The third kappa shape index (κ3) is 4.52. The number of aryl methyl sites for hydroxylation is 2. The molecular formula is C27H24N4O4S. The molecule has 36 heavy (non-hydrogen) atoms. The number of aromatic nitrogens is 2. The van der Waals surface area contributed by atoms with E-state index >= 15 is 0 Å². The number of nitrogens with one attached hydrogen (secondary N) is 2. The second kappa shape index (κ2) is 9.09. The molecule has 1 aromatic heterocycles. The number of hydrogen-bond acceptors (Lipinski definition) is 6. The van der Waals surface area contributed by atoms with E-state index in [0.29, 0.717) is 11.4 Å². The van der Waals surface area contributed by atoms with Crippen molar-refractivity contribution in [3.05, 3.63) is 95.1 Å². The standard InChI is InChI=1S/C27H24N4O4S/c1-16-8-6-9-17(2)25(16)22-15-24-30-27(29-22)31-36(33,34)20-11-7-10-19(14-20)26(32)28-18(3)21-12-4-5-13-23(21)35-24/h4-15,18H,1-3H3,(H,28,32)(H,29,30,31)/t18-/m0/s1. The molecule has 8 nitrogen and oxygen atoms in total. The number of ether oxygens (including phenoxy) is 1. The van der Waals surface area contributed by atoms with Gasteiger partial charge in [0.15, 0.2) is 0 Å². The van der Waals surface area contributed by atoms with Gasteiger partial charge >= 0.3 is 0 Å². The maximum Gasteiger partial charge on any atom is 0.264 e. The molecule has 3 aromatic carbocycles. The summed E-state index contributed by atoms with van der Waals surface area (Å²) < 4.78 is 35.1. The number of rotatable bonds is 1. The summed E-state index contributed by atoms with van der Waals surface area (Å²) in [5.41, 5.74) is 4.30. The molecule has 0 aliphatic carbocycles. The number of para-hydroxylation sites is 1. The highest BCUT2D eigenvalue weighted by atomic mass is 32.2. The number of anilines is 1. The molecule has 1 atom stereocenters. The van der Waals surface area contributed by atoms with Gasteiger partial charge in [0.2, 0.25) is 11.8 Å². The first-order valence-corrected chi connectivity index (χ1v) is 12.9. The molecule has 0 spiro atoms. The molecule has 182 valence electrons. The van der Waals surface area contributed by atoms with Crippen LogP contribution in [0.3, 0.4) is 0 Å². The fourth-order valence-corrected chi connectivity index (χ4v) is 5.24. The zero-order valence-electron chi connectivity index (χ0n) is 19.9. The Bertz CT molecular complexity index is 1580. The topological polar surface area (TPSA) is 110 Å². The molecule has 0 unspecified atom stereocenters. The van der Waals surface area contributed by atoms with Gasteiger partial charge in [-0.05, 0) is 56.2 Å². The summed E-state index contributed by atoms with van der Waals surface area (Å²) in [7, 11) is -4.10. The summed E-state index contributed by atoms with van der Waals surface area (Å²) in [4.78, 5) is 21.7. The zero-order valence-corrected chi connectivity index (χ0v) is 20.8. The van der Waals surface area contributed by atoms with E-state index in [-0.39, 0.29) is 22.3 Å². The maximum absolute atomic E-state index is 13.2. The number of carbonyl (C=O) groups excluding carboxylic acids is 1. The first-order chi connectivity index (χ1) is 17.2. The molecule has 2 N–H and O–H groups in total. The average molecular weight is 501 g/mol. The van der Waals surface area contributed by atoms with E-state index in [2.05, 4.69) is 20.0 Å². The highest BCUT2D eigenvalue weighted by molar-refractivity contribution is 7.92. The Hall–Kier alpha value is -4.24. The molecule has 0 radical (unpaired) electrons. The van der Waals surface area contributed by atoms with Crippen LogP contribution in [0.1, 0.15) is 40.0 Å². The van der Waals surface area contributed by atoms with Crippen molar-refractivity contribution in [1.29, 1.82) is 0 Å². The van der Waals surface area contributed by atoms with E-state index in [1.54, 1.807) is 18.2 Å². The maximum atomic E-state index is 13.2. The molecule has 1 amide bonds. The van der Waals surface area contributed by atoms with Crippen LogP contribution in [0.25, 0.3) is 11.3 Å². The van der Waals surface area contributed by atoms with Gasteiger partial charge in [0, 0.05) is 22.8 Å². The van der Waals surface area contributed by atoms with Crippen LogP contribution in [0.15, 0.2) is 77.7 Å². The third-order valence-corrected chi connectivity index (χ3v) is 7.35. The van der Waals surface area contributed by atoms with E-state index < -0.39 is 22.0 Å². The van der Waals surface area contributed by atoms with E-state index in [1.807, 2.05) is 57.2 Å². The molecule has 2 heterocycles. The van der Waals surface area contributed by atoms with Gasteiger partial charge in [-0.25, -0.2) is 18.1 Å². The fourth-order valence-electron chi connectivity index (χ4n) is 4.25. The van der Waals surface area contributed by atoms with E-state index in [4.69, 9.17) is 4.74 Å². The lowest BCUT2D eigenvalue weighted by Gasteiger charge is -2.19. The summed E-state index contributed by atoms with van der Waals surface area (Å²) in [6.07, 6.45) is 0. The summed E-state index contributed by atoms with van der Waals surface area (Å²) in [5.74, 6) is 0.106. The highest BCUT2D eigenvalue weighted by Gasteiger charge is 2.23. The number of hydrogen-bond donors (Lipinski definition) is 2. The number of fused-ring (bicyclic) bond motifs is 5. The number of nitrogens with zero attached hydrogens (tertiary/aromatic N) is 2. The Morgan fingerprint density at radius 1 is 0.889 bits per heavy atom. The van der Waals surface area contributed by atoms with Crippen molar-refractivity contribution < 1.29 is 17.9 Å². The molecular weight excluding hydrogens is 476 g/mol. The fraction of sp³-hybridized carbons (Fsp3) is 0.148. The largest absolute Gasteiger partial charge is 0.438 e. The molecule has 0 saturated carbocycles. The van der Waals surface area contributed by atoms with Crippen LogP contribution in [0.2, 0.25) is 0 Å². The predicted molar refractivity (Wildman–Crippen MR) is 137 cm³/mol. The Kier molecular flexibility index (Phi) is 5.93. The molecule has 0 saturated heterocycles. The van der Waals surface area contributed by atoms with Crippen molar-refractivity contribution in [2.75, 3.05) is 4.72 Å². The van der Waals surface area contributed by atoms with E-state index in [1.165, 1.54) is 18.2 Å². The average Bonchev–Trinajstić information content (AvgIpc) is 2.83. The van der Waals surface area contributed by atoms with Crippen LogP contribution in [0.4, 0.5) is 5.95 Å². The highest BCUT2D eigenvalue weighted by Crippen LogP contribution is 2.33. The number of benzene rings is 3. The second-order valence-electron chi connectivity index (χ2n) is 8.65. The van der Waals surface area contributed by atoms with Crippen LogP contribution < -0.4 is 14.8 Å². The Balaban J connectivity index is 1.74. The van der Waals surface area contributed by atoms with Crippen LogP contribution in [0.5, 0.6) is 11.6 Å². The SMILES string of the molecule is Cc1cccc(C)c1-c1cc2nc(n1)NS(=O)(=O)c1cccc(c1)C(=O)N[C@@H](C)c1ccccc1O2. The Labute approximate surface area is 209 Å². The molecule has 4 bridgehead atoms. The number of sulfonamides is 1. The number of carbonyl (C=O) groups is 1. The summed E-state index contributed by atoms with van der Waals surface area (Å²) in [6.45, 7) is 5.76. The molecule has 4 aromatic rings. The van der Waals surface area contributed by atoms with E-state index in [0.717, 1.165) is 22.3 Å². The Morgan fingerprint density at radius 3 is 2.39 bits per heavy atom. The lowest BCUT2D eigenvalue weighted by molar-refractivity contribution is 0.0939. The Morgan fingerprint density at radius 2 is 1.61 bits per heavy atom. The van der Waals surface area contributed by atoms with Crippen molar-refractivity contribution in [3.63, 3.8) is 0 Å². The van der Waals surface area contributed by atoms with Gasteiger partial charge in [0.05, 0.1) is 16.6 Å². The van der Waals surface area contributed by atoms with Gasteiger partial charge in [-0.1, -0.05) is 42.5 Å². The molecule has 9 heteroatoms. The van der Waals surface area contributed by atoms with Gasteiger partial charge < -0.3 is 10.1 Å². The smallest absolute Gasteiger partial charge is 0.264 e. The van der Waals surface area contributed by atoms with Gasteiger partial charge in [0.1, 0.15) is 5.75 Å². The van der Waals surface area contributed by atoms with Crippen LogP contribution in [0, 0.1) is 13.8 Å². The van der Waals surface area contributed by atoms with Gasteiger partial charge in [-0.15, -0.1) is 0 Å². The van der Waals surface area contributed by atoms with Crippen molar-refractivity contribution in [1.82, 2.24) is 15.3 Å². The summed E-state index contributed by atoms with van der Waals surface area (Å²) in [6, 6.07) is 20.3. The van der Waals surface area contributed by atoms with Gasteiger partial charge in [0.25, 0.3) is 15.9 Å². The van der Waals surface area contributed by atoms with Crippen molar-refractivity contribution in [2.24, 2.45) is 0 Å². The predicted octanol–water partition coefficient (Wildman–Crippen LogP) is 5.16. The molecule has 1 aliphatic heterocycles. The third-order valence-electron chi connectivity index (χ3n) is 6.02. The first-order valence-electron chi connectivity index (χ1n) is 11.4. The molecule has 5 rings (SSSR count). The monoisotopic (exact) mass is 500 g/mol. The zero-order chi connectivity index (χ0) is 25.4. The minimum Gasteiger partial charge on any atom is -0.438 e. The summed E-state index contributed by atoms with van der Waals surface area (Å²) >= 11 is 0. The lowest BCUT2D eigenvalue weighted by Crippen LogP contribution is -2.27. The van der Waals surface area contributed by atoms with Crippen LogP contribution >= 0.6 is 0 Å². The van der Waals surface area contributed by atoms with Crippen LogP contribution in [-0.2, 0) is 10.0 Å². The second-order valence-corrected chi connectivity index (χ2v) is 10.3. The minimum absolute atomic E-state index is 0.0798. The first kappa shape index (κ1) is 23.5. The quantitative estimate of drug-likeness (QED) is 0.374. The van der Waals surface area contributed by atoms with E-state index in [9.17, 15) is 13.2 Å². The lowest BCUT2D eigenvalue weighted by atomic mass is 10.00. The molecule has 0 fully saturated rings. The van der Waals surface area contributed by atoms with Gasteiger partial charge in [-0.2, -0.15) is 4.98 Å². The van der Waals surface area contributed by atoms with Crippen molar-refractivity contribution in [3.8, 4) is 22.9 Å². The normalized spacial score (nSPS) is 16.5. The summed E-state index contributed by atoms with van der Waals surface area (Å²) in [5, 5.41) is 2.92. The van der Waals surface area contributed by atoms with Crippen molar-refractivity contribution in [2.45, 2.75) is 31.7 Å². The molecule has 1 aliphatic rings. The number of amides is 1. The van der Waals surface area contributed by atoms with Crippen LogP contribution in [-0.4, -0.2) is 24.3 Å².